The maximum Gasteiger partial charge on any atom is 0.0762 e. The predicted molar refractivity (Wildman–Crippen MR) is 78.7 cm³/mol. The molecular formula is C16H25NO. The topological polar surface area (TPSA) is 32.3 Å². The van der Waals surface area contributed by atoms with Gasteiger partial charge in [-0.3, -0.25) is 0 Å². The number of aliphatic hydroxyl groups excluding tert-OH is 1. The van der Waals surface area contributed by atoms with Crippen LogP contribution in [0.2, 0.25) is 0 Å². The molecule has 0 aliphatic rings. The second-order valence-corrected chi connectivity index (χ2v) is 5.21. The van der Waals surface area contributed by atoms with E-state index >= 15 is 0 Å². The van der Waals surface area contributed by atoms with E-state index in [2.05, 4.69) is 38.2 Å². The molecule has 2 atom stereocenters. The highest BCUT2D eigenvalue weighted by molar-refractivity contribution is 5.46. The molecule has 1 aromatic carbocycles. The van der Waals surface area contributed by atoms with Gasteiger partial charge in [0.25, 0.3) is 0 Å². The van der Waals surface area contributed by atoms with Gasteiger partial charge in [-0.2, -0.15) is 0 Å². The Morgan fingerprint density at radius 1 is 1.22 bits per heavy atom. The smallest absolute Gasteiger partial charge is 0.0762 e. The summed E-state index contributed by atoms with van der Waals surface area (Å²) in [4.78, 5) is 0. The summed E-state index contributed by atoms with van der Waals surface area (Å²) >= 11 is 0. The van der Waals surface area contributed by atoms with Gasteiger partial charge in [-0.15, -0.1) is 0 Å². The van der Waals surface area contributed by atoms with Gasteiger partial charge in [0, 0.05) is 12.2 Å². The molecule has 0 aliphatic heterocycles. The molecule has 0 saturated carbocycles. The minimum atomic E-state index is -0.414. The average Bonchev–Trinajstić information content (AvgIpc) is 2.34. The number of anilines is 1. The molecule has 0 aromatic heterocycles. The number of nitrogens with one attached hydrogen (secondary N) is 1. The molecule has 100 valence electrons. The van der Waals surface area contributed by atoms with Crippen LogP contribution in [0.5, 0.6) is 0 Å². The number of allylic oxidation sites excluding steroid dienone is 1. The lowest BCUT2D eigenvalue weighted by molar-refractivity contribution is 0.199. The van der Waals surface area contributed by atoms with Crippen LogP contribution in [0, 0.1) is 11.8 Å². The number of aliphatic hydroxyl groups is 1. The van der Waals surface area contributed by atoms with E-state index < -0.39 is 6.10 Å². The van der Waals surface area contributed by atoms with E-state index in [-0.39, 0.29) is 0 Å². The van der Waals surface area contributed by atoms with Crippen molar-refractivity contribution in [1.29, 1.82) is 0 Å². The fourth-order valence-corrected chi connectivity index (χ4v) is 1.59. The highest BCUT2D eigenvalue weighted by Crippen LogP contribution is 2.17. The Balaban J connectivity index is 2.46. The first-order valence-electron chi connectivity index (χ1n) is 6.69. The van der Waals surface area contributed by atoms with Gasteiger partial charge in [0.05, 0.1) is 6.10 Å². The lowest BCUT2D eigenvalue weighted by Crippen LogP contribution is -2.03. The normalized spacial score (nSPS) is 15.0. The highest BCUT2D eigenvalue weighted by atomic mass is 16.3. The van der Waals surface area contributed by atoms with Crippen molar-refractivity contribution in [1.82, 2.24) is 0 Å². The zero-order valence-electron chi connectivity index (χ0n) is 11.9. The largest absolute Gasteiger partial charge is 0.389 e. The van der Waals surface area contributed by atoms with Crippen LogP contribution in [-0.4, -0.2) is 11.7 Å². The van der Waals surface area contributed by atoms with E-state index in [1.807, 2.05) is 24.3 Å². The summed E-state index contributed by atoms with van der Waals surface area (Å²) in [6.45, 7) is 9.29. The Labute approximate surface area is 111 Å². The van der Waals surface area contributed by atoms with E-state index in [0.717, 1.165) is 17.8 Å². The Kier molecular flexibility index (Phi) is 5.93. The molecule has 1 rings (SSSR count). The standard InChI is InChI=1S/C16H25NO/c1-12(2)13(3)7-6-10-17-16-9-5-8-15(11-16)14(4)18/h5-9,11-14,17-18H,10H2,1-4H3/b7-6+. The molecule has 0 bridgehead atoms. The molecule has 2 N–H and O–H groups in total. The lowest BCUT2D eigenvalue weighted by Gasteiger charge is -2.11. The molecule has 2 nitrogen and oxygen atoms in total. The zero-order chi connectivity index (χ0) is 13.5. The number of hydrogen-bond acceptors (Lipinski definition) is 2. The SMILES string of the molecule is CC(O)c1cccc(NC/C=C/C(C)C(C)C)c1. The Hall–Kier alpha value is -1.28. The van der Waals surface area contributed by atoms with Crippen LogP contribution in [0.3, 0.4) is 0 Å². The molecule has 2 unspecified atom stereocenters. The maximum absolute atomic E-state index is 9.51. The Morgan fingerprint density at radius 2 is 1.94 bits per heavy atom. The zero-order valence-corrected chi connectivity index (χ0v) is 11.9. The summed E-state index contributed by atoms with van der Waals surface area (Å²) in [6, 6.07) is 7.91. The summed E-state index contributed by atoms with van der Waals surface area (Å²) < 4.78 is 0. The van der Waals surface area contributed by atoms with E-state index in [0.29, 0.717) is 11.8 Å². The molecule has 0 aliphatic carbocycles. The molecule has 0 radical (unpaired) electrons. The van der Waals surface area contributed by atoms with Crippen LogP contribution in [0.1, 0.15) is 39.4 Å². The predicted octanol–water partition coefficient (Wildman–Crippen LogP) is 4.00. The van der Waals surface area contributed by atoms with Gasteiger partial charge in [-0.25, -0.2) is 0 Å². The summed E-state index contributed by atoms with van der Waals surface area (Å²) in [5.41, 5.74) is 2.00. The molecule has 0 fully saturated rings. The number of rotatable bonds is 6. The van der Waals surface area contributed by atoms with Crippen molar-refractivity contribution in [2.75, 3.05) is 11.9 Å². The van der Waals surface area contributed by atoms with Crippen LogP contribution < -0.4 is 5.32 Å². The highest BCUT2D eigenvalue weighted by Gasteiger charge is 2.02. The van der Waals surface area contributed by atoms with Gasteiger partial charge in [-0.05, 0) is 36.5 Å². The summed E-state index contributed by atoms with van der Waals surface area (Å²) in [6.07, 6.45) is 4.00. The fourth-order valence-electron chi connectivity index (χ4n) is 1.59. The maximum atomic E-state index is 9.51. The van der Waals surface area contributed by atoms with Crippen LogP contribution in [0.25, 0.3) is 0 Å². The number of hydrogen-bond donors (Lipinski definition) is 2. The Bertz CT molecular complexity index is 382. The Morgan fingerprint density at radius 3 is 2.56 bits per heavy atom. The van der Waals surface area contributed by atoms with Gasteiger partial charge >= 0.3 is 0 Å². The van der Waals surface area contributed by atoms with Crippen molar-refractivity contribution >= 4 is 5.69 Å². The van der Waals surface area contributed by atoms with Crippen LogP contribution in [0.4, 0.5) is 5.69 Å². The van der Waals surface area contributed by atoms with Crippen LogP contribution >= 0.6 is 0 Å². The van der Waals surface area contributed by atoms with Gasteiger partial charge in [0.1, 0.15) is 0 Å². The third-order valence-electron chi connectivity index (χ3n) is 3.28. The monoisotopic (exact) mass is 247 g/mol. The molecule has 0 saturated heterocycles. The van der Waals surface area contributed by atoms with E-state index in [9.17, 15) is 5.11 Å². The van der Waals surface area contributed by atoms with Crippen molar-refractivity contribution in [3.63, 3.8) is 0 Å². The second-order valence-electron chi connectivity index (χ2n) is 5.21. The summed E-state index contributed by atoms with van der Waals surface area (Å²) in [5.74, 6) is 1.29. The molecule has 2 heteroatoms. The van der Waals surface area contributed by atoms with E-state index in [4.69, 9.17) is 0 Å². The van der Waals surface area contributed by atoms with Gasteiger partial charge in [-0.1, -0.05) is 45.1 Å². The third-order valence-corrected chi connectivity index (χ3v) is 3.28. The second kappa shape index (κ2) is 7.22. The molecule has 0 spiro atoms. The van der Waals surface area contributed by atoms with Crippen molar-refractivity contribution in [2.45, 2.75) is 33.8 Å². The molecule has 18 heavy (non-hydrogen) atoms. The van der Waals surface area contributed by atoms with Gasteiger partial charge in [0.15, 0.2) is 0 Å². The van der Waals surface area contributed by atoms with Crippen molar-refractivity contribution in [3.8, 4) is 0 Å². The lowest BCUT2D eigenvalue weighted by atomic mass is 9.98. The first-order chi connectivity index (χ1) is 8.50. The fraction of sp³-hybridized carbons (Fsp3) is 0.500. The summed E-state index contributed by atoms with van der Waals surface area (Å²) in [5, 5.41) is 12.8. The van der Waals surface area contributed by atoms with Crippen LogP contribution in [-0.2, 0) is 0 Å². The van der Waals surface area contributed by atoms with E-state index in [1.54, 1.807) is 6.92 Å². The summed E-state index contributed by atoms with van der Waals surface area (Å²) in [7, 11) is 0. The van der Waals surface area contributed by atoms with Crippen LogP contribution in [0.15, 0.2) is 36.4 Å². The van der Waals surface area contributed by atoms with E-state index in [1.165, 1.54) is 0 Å². The minimum Gasteiger partial charge on any atom is -0.389 e. The molecule has 0 heterocycles. The quantitative estimate of drug-likeness (QED) is 0.745. The first-order valence-corrected chi connectivity index (χ1v) is 6.69. The third kappa shape index (κ3) is 4.92. The average molecular weight is 247 g/mol. The molecule has 1 aromatic rings. The molecular weight excluding hydrogens is 222 g/mol. The van der Waals surface area contributed by atoms with Crippen molar-refractivity contribution in [3.05, 3.63) is 42.0 Å². The first kappa shape index (κ1) is 14.8. The minimum absolute atomic E-state index is 0.414. The molecule has 0 amide bonds. The van der Waals surface area contributed by atoms with Gasteiger partial charge in [0.2, 0.25) is 0 Å². The van der Waals surface area contributed by atoms with Gasteiger partial charge < -0.3 is 10.4 Å². The van der Waals surface area contributed by atoms with Crippen molar-refractivity contribution in [2.24, 2.45) is 11.8 Å². The number of benzene rings is 1. The van der Waals surface area contributed by atoms with Crippen molar-refractivity contribution < 1.29 is 5.11 Å².